The van der Waals surface area contributed by atoms with Crippen molar-refractivity contribution in [2.75, 3.05) is 0 Å². The number of thiophene rings is 1. The lowest BCUT2D eigenvalue weighted by Crippen LogP contribution is -2.17. The molecule has 0 bridgehead atoms. The molecule has 0 spiro atoms. The van der Waals surface area contributed by atoms with E-state index in [1.807, 2.05) is 16.8 Å². The van der Waals surface area contributed by atoms with Crippen LogP contribution in [0.4, 0.5) is 0 Å². The van der Waals surface area contributed by atoms with E-state index in [0.717, 1.165) is 17.3 Å². The average molecular weight is 260 g/mol. The van der Waals surface area contributed by atoms with Crippen molar-refractivity contribution in [2.24, 2.45) is 11.5 Å². The maximum Gasteiger partial charge on any atom is 0.0985 e. The Morgan fingerprint density at radius 2 is 1.71 bits per heavy atom. The van der Waals surface area contributed by atoms with Crippen molar-refractivity contribution in [3.8, 4) is 12.1 Å². The van der Waals surface area contributed by atoms with Gasteiger partial charge < -0.3 is 11.5 Å². The van der Waals surface area contributed by atoms with Crippen LogP contribution in [0.15, 0.2) is 38.0 Å². The van der Waals surface area contributed by atoms with Gasteiger partial charge in [-0.25, -0.2) is 0 Å². The van der Waals surface area contributed by atoms with E-state index >= 15 is 0 Å². The summed E-state index contributed by atoms with van der Waals surface area (Å²) >= 11 is 2.59. The first kappa shape index (κ1) is 11.6. The Hall–Kier alpha value is -1.89. The van der Waals surface area contributed by atoms with Gasteiger partial charge in [-0.2, -0.15) is 21.9 Å². The third-order valence-corrected chi connectivity index (χ3v) is 4.03. The molecule has 1 aliphatic heterocycles. The van der Waals surface area contributed by atoms with Crippen molar-refractivity contribution in [3.05, 3.63) is 43.6 Å². The number of rotatable bonds is 1. The fraction of sp³-hybridized carbons (Fsp3) is 0.0909. The number of thioether (sulfide) groups is 1. The van der Waals surface area contributed by atoms with Crippen LogP contribution in [0.5, 0.6) is 0 Å². The molecule has 6 heteroatoms. The van der Waals surface area contributed by atoms with Gasteiger partial charge in [0, 0.05) is 0 Å². The molecule has 4 nitrogen and oxygen atoms in total. The SMILES string of the molecule is N#CC1=C(N)SC(N)=C(C#N)C1c1ccsc1. The molecule has 0 radical (unpaired) electrons. The molecule has 0 unspecified atom stereocenters. The number of nitrogens with zero attached hydrogens (tertiary/aromatic N) is 2. The number of hydrogen-bond acceptors (Lipinski definition) is 6. The maximum absolute atomic E-state index is 9.16. The van der Waals surface area contributed by atoms with Crippen molar-refractivity contribution < 1.29 is 0 Å². The summed E-state index contributed by atoms with van der Waals surface area (Å²) in [4.78, 5) is 0. The van der Waals surface area contributed by atoms with E-state index in [9.17, 15) is 0 Å². The number of allylic oxidation sites excluding steroid dienone is 2. The molecule has 4 N–H and O–H groups in total. The fourth-order valence-corrected chi connectivity index (χ4v) is 3.14. The molecule has 0 saturated heterocycles. The van der Waals surface area contributed by atoms with Crippen LogP contribution in [0.1, 0.15) is 11.5 Å². The molecular formula is C11H8N4S2. The van der Waals surface area contributed by atoms with E-state index in [1.165, 1.54) is 11.3 Å². The molecule has 0 aromatic carbocycles. The lowest BCUT2D eigenvalue weighted by atomic mass is 9.87. The van der Waals surface area contributed by atoms with E-state index in [-0.39, 0.29) is 0 Å². The van der Waals surface area contributed by atoms with Gasteiger partial charge in [0.15, 0.2) is 0 Å². The average Bonchev–Trinajstić information content (AvgIpc) is 2.81. The van der Waals surface area contributed by atoms with E-state index in [0.29, 0.717) is 21.2 Å². The van der Waals surface area contributed by atoms with Gasteiger partial charge in [0.25, 0.3) is 0 Å². The maximum atomic E-state index is 9.16. The van der Waals surface area contributed by atoms with E-state index < -0.39 is 5.92 Å². The van der Waals surface area contributed by atoms with Crippen LogP contribution in [0.25, 0.3) is 0 Å². The standard InChI is InChI=1S/C11H8N4S2/c12-3-7-9(6-1-2-16-5-6)8(4-13)11(15)17-10(7)14/h1-2,5,9H,14-15H2. The van der Waals surface area contributed by atoms with Gasteiger partial charge in [0.05, 0.1) is 39.3 Å². The molecule has 0 atom stereocenters. The van der Waals surface area contributed by atoms with Gasteiger partial charge in [0.2, 0.25) is 0 Å². The molecule has 1 aliphatic rings. The van der Waals surface area contributed by atoms with Crippen molar-refractivity contribution >= 4 is 23.1 Å². The molecule has 0 fully saturated rings. The molecule has 1 aromatic rings. The Morgan fingerprint density at radius 1 is 1.12 bits per heavy atom. The van der Waals surface area contributed by atoms with Crippen molar-refractivity contribution in [1.82, 2.24) is 0 Å². The zero-order valence-corrected chi connectivity index (χ0v) is 10.3. The first-order chi connectivity index (χ1) is 8.19. The summed E-state index contributed by atoms with van der Waals surface area (Å²) in [5.74, 6) is -0.419. The molecule has 0 saturated carbocycles. The smallest absolute Gasteiger partial charge is 0.0985 e. The van der Waals surface area contributed by atoms with Gasteiger partial charge in [-0.3, -0.25) is 0 Å². The van der Waals surface area contributed by atoms with Crippen molar-refractivity contribution in [1.29, 1.82) is 10.5 Å². The van der Waals surface area contributed by atoms with Crippen molar-refractivity contribution in [2.45, 2.75) is 5.92 Å². The molecule has 0 amide bonds. The van der Waals surface area contributed by atoms with Gasteiger partial charge in [-0.15, -0.1) is 0 Å². The summed E-state index contributed by atoms with van der Waals surface area (Å²) in [6, 6.07) is 6.02. The van der Waals surface area contributed by atoms with Gasteiger partial charge in [-0.1, -0.05) is 11.8 Å². The first-order valence-corrected chi connectivity index (χ1v) is 6.44. The summed E-state index contributed by atoms with van der Waals surface area (Å²) in [6.45, 7) is 0. The van der Waals surface area contributed by atoms with Crippen LogP contribution in [0.2, 0.25) is 0 Å². The highest BCUT2D eigenvalue weighted by Crippen LogP contribution is 2.43. The highest BCUT2D eigenvalue weighted by atomic mass is 32.2. The third kappa shape index (κ3) is 1.89. The van der Waals surface area contributed by atoms with Crippen LogP contribution in [0, 0.1) is 22.7 Å². The second-order valence-electron chi connectivity index (χ2n) is 3.37. The lowest BCUT2D eigenvalue weighted by molar-refractivity contribution is 0.964. The summed E-state index contributed by atoms with van der Waals surface area (Å²) in [7, 11) is 0. The Kier molecular flexibility index (Phi) is 3.10. The fourth-order valence-electron chi connectivity index (χ4n) is 1.67. The van der Waals surface area contributed by atoms with Crippen LogP contribution < -0.4 is 11.5 Å². The molecule has 2 rings (SSSR count). The monoisotopic (exact) mass is 260 g/mol. The normalized spacial score (nSPS) is 16.8. The third-order valence-electron chi connectivity index (χ3n) is 2.45. The topological polar surface area (TPSA) is 99.6 Å². The quantitative estimate of drug-likeness (QED) is 0.804. The minimum Gasteiger partial charge on any atom is -0.392 e. The summed E-state index contributed by atoms with van der Waals surface area (Å²) in [5.41, 5.74) is 13.3. The second kappa shape index (κ2) is 4.54. The lowest BCUT2D eigenvalue weighted by Gasteiger charge is -2.22. The van der Waals surface area contributed by atoms with Crippen LogP contribution >= 0.6 is 23.1 Å². The van der Waals surface area contributed by atoms with Crippen LogP contribution in [-0.4, -0.2) is 0 Å². The molecule has 0 aliphatic carbocycles. The predicted octanol–water partition coefficient (Wildman–Crippen LogP) is 1.97. The summed E-state index contributed by atoms with van der Waals surface area (Å²) < 4.78 is 0. The number of nitriles is 2. The van der Waals surface area contributed by atoms with E-state index in [1.54, 1.807) is 0 Å². The number of nitrogens with two attached hydrogens (primary N) is 2. The first-order valence-electron chi connectivity index (χ1n) is 4.68. The zero-order chi connectivity index (χ0) is 12.4. The molecule has 84 valence electrons. The largest absolute Gasteiger partial charge is 0.392 e. The number of hydrogen-bond donors (Lipinski definition) is 2. The Morgan fingerprint density at radius 3 is 2.12 bits per heavy atom. The van der Waals surface area contributed by atoms with Gasteiger partial charge in [-0.05, 0) is 22.4 Å². The Balaban J connectivity index is 2.61. The minimum atomic E-state index is -0.419. The van der Waals surface area contributed by atoms with E-state index in [4.69, 9.17) is 22.0 Å². The predicted molar refractivity (Wildman–Crippen MR) is 68.3 cm³/mol. The van der Waals surface area contributed by atoms with E-state index in [2.05, 4.69) is 12.1 Å². The second-order valence-corrected chi connectivity index (χ2v) is 5.24. The van der Waals surface area contributed by atoms with Gasteiger partial charge in [0.1, 0.15) is 0 Å². The summed E-state index contributed by atoms with van der Waals surface area (Å²) in [6.07, 6.45) is 0. The molecule has 17 heavy (non-hydrogen) atoms. The highest BCUT2D eigenvalue weighted by Gasteiger charge is 2.31. The minimum absolute atomic E-state index is 0.375. The molecule has 1 aromatic heterocycles. The van der Waals surface area contributed by atoms with Gasteiger partial charge >= 0.3 is 0 Å². The zero-order valence-electron chi connectivity index (χ0n) is 8.68. The van der Waals surface area contributed by atoms with Crippen molar-refractivity contribution in [3.63, 3.8) is 0 Å². The Bertz CT molecular complexity index is 548. The molecule has 2 heterocycles. The highest BCUT2D eigenvalue weighted by molar-refractivity contribution is 8.06. The summed E-state index contributed by atoms with van der Waals surface area (Å²) in [5, 5.41) is 22.9. The van der Waals surface area contributed by atoms with Crippen LogP contribution in [-0.2, 0) is 0 Å². The molecular weight excluding hydrogens is 252 g/mol. The van der Waals surface area contributed by atoms with Crippen LogP contribution in [0.3, 0.4) is 0 Å². The Labute approximate surface area is 107 Å².